The summed E-state index contributed by atoms with van der Waals surface area (Å²) in [6, 6.07) is 19.3. The van der Waals surface area contributed by atoms with Crippen LogP contribution in [0.25, 0.3) is 44.6 Å². The zero-order chi connectivity index (χ0) is 45.7. The summed E-state index contributed by atoms with van der Waals surface area (Å²) in [6.45, 7) is 12.1. The number of benzene rings is 2. The zero-order valence-corrected chi connectivity index (χ0v) is 36.6. The molecular weight excluding hydrogens is 849 g/mol. The molecule has 0 saturated carbocycles. The van der Waals surface area contributed by atoms with Gasteiger partial charge in [-0.05, 0) is 57.2 Å². The highest BCUT2D eigenvalue weighted by Crippen LogP contribution is 2.41. The number of nitrogens with one attached hydrogen (secondary N) is 1. The standard InChI is InChI=1S/C26H25F2N5O.C24H21F2N5O/c1-3-33(20-14-19(15-29-16-20)32-8-10-34-11-9-32)26-17(2)25(22-6-4-5-7-30-22)31-23-13-18(27)12-21(28)24(23)26;1-15-23(20-4-2-3-5-28-20)30-21-11-16(25)10-19(26)22(21)24(15)29-17-12-18(14-27-13-17)31-6-8-32-9-7-31/h4-7,12-16H,3,8-11H2,1-2H3;2-5,10-14H,6-9H2,1H3,(H,29,30). The first kappa shape index (κ1) is 43.9. The van der Waals surface area contributed by atoms with Crippen molar-refractivity contribution in [3.05, 3.63) is 144 Å². The van der Waals surface area contributed by atoms with Gasteiger partial charge in [-0.2, -0.15) is 0 Å². The van der Waals surface area contributed by atoms with Crippen LogP contribution >= 0.6 is 0 Å². The van der Waals surface area contributed by atoms with Gasteiger partial charge in [0.25, 0.3) is 0 Å². The summed E-state index contributed by atoms with van der Waals surface area (Å²) in [6.07, 6.45) is 10.4. The van der Waals surface area contributed by atoms with E-state index in [4.69, 9.17) is 9.47 Å². The lowest BCUT2D eigenvalue weighted by Crippen LogP contribution is -2.36. The molecule has 0 amide bonds. The van der Waals surface area contributed by atoms with Crippen molar-refractivity contribution in [1.29, 1.82) is 0 Å². The number of pyridine rings is 6. The second kappa shape index (κ2) is 19.4. The Morgan fingerprint density at radius 1 is 0.621 bits per heavy atom. The number of fused-ring (bicyclic) bond motifs is 2. The molecule has 2 aliphatic rings. The van der Waals surface area contributed by atoms with E-state index in [2.05, 4.69) is 51.1 Å². The van der Waals surface area contributed by atoms with Crippen molar-refractivity contribution < 1.29 is 27.0 Å². The van der Waals surface area contributed by atoms with Crippen molar-refractivity contribution in [2.45, 2.75) is 20.8 Å². The normalized spacial score (nSPS) is 14.0. The predicted molar refractivity (Wildman–Crippen MR) is 250 cm³/mol. The minimum absolute atomic E-state index is 0.216. The molecule has 2 aromatic carbocycles. The van der Waals surface area contributed by atoms with Crippen LogP contribution in [0.4, 0.5) is 51.7 Å². The lowest BCUT2D eigenvalue weighted by atomic mass is 10.0. The molecule has 8 aromatic rings. The number of halogens is 4. The summed E-state index contributed by atoms with van der Waals surface area (Å²) < 4.78 is 69.3. The first-order chi connectivity index (χ1) is 32.2. The van der Waals surface area contributed by atoms with Gasteiger partial charge < -0.3 is 29.5 Å². The largest absolute Gasteiger partial charge is 0.378 e. The van der Waals surface area contributed by atoms with E-state index in [1.807, 2.05) is 68.3 Å². The van der Waals surface area contributed by atoms with Gasteiger partial charge in [0, 0.05) is 80.5 Å². The van der Waals surface area contributed by atoms with Crippen molar-refractivity contribution >= 4 is 55.9 Å². The summed E-state index contributed by atoms with van der Waals surface area (Å²) >= 11 is 0. The van der Waals surface area contributed by atoms with Crippen LogP contribution in [-0.2, 0) is 9.47 Å². The van der Waals surface area contributed by atoms with E-state index in [1.54, 1.807) is 37.1 Å². The second-order valence-corrected chi connectivity index (χ2v) is 15.8. The summed E-state index contributed by atoms with van der Waals surface area (Å²) in [5, 5.41) is 3.81. The average molecular weight is 895 g/mol. The molecule has 336 valence electrons. The highest BCUT2D eigenvalue weighted by molar-refractivity contribution is 6.00. The van der Waals surface area contributed by atoms with E-state index in [1.165, 1.54) is 12.1 Å². The molecule has 0 atom stereocenters. The molecule has 2 fully saturated rings. The van der Waals surface area contributed by atoms with E-state index in [0.717, 1.165) is 60.9 Å². The SMILES string of the molecule is CCN(c1cncc(N2CCOCC2)c1)c1c(C)c(-c2ccccn2)nc2cc(F)cc(F)c12.Cc1c(-c2ccccn2)nc2cc(F)cc(F)c2c1Nc1cncc(N2CCOCC2)c1. The Morgan fingerprint density at radius 3 is 1.71 bits per heavy atom. The Kier molecular flexibility index (Phi) is 12.9. The third kappa shape index (κ3) is 9.14. The van der Waals surface area contributed by atoms with Crippen LogP contribution in [0.15, 0.2) is 110 Å². The van der Waals surface area contributed by atoms with E-state index < -0.39 is 23.3 Å². The Morgan fingerprint density at radius 2 is 1.15 bits per heavy atom. The first-order valence-corrected chi connectivity index (χ1v) is 21.7. The average Bonchev–Trinajstić information content (AvgIpc) is 3.34. The number of rotatable bonds is 9. The summed E-state index contributed by atoms with van der Waals surface area (Å²) in [7, 11) is 0. The topological polar surface area (TPSA) is 118 Å². The quantitative estimate of drug-likeness (QED) is 0.139. The maximum atomic E-state index is 15.2. The molecule has 66 heavy (non-hydrogen) atoms. The number of hydrogen-bond acceptors (Lipinski definition) is 12. The van der Waals surface area contributed by atoms with Crippen LogP contribution in [0, 0.1) is 37.1 Å². The van der Waals surface area contributed by atoms with E-state index >= 15 is 4.39 Å². The predicted octanol–water partition coefficient (Wildman–Crippen LogP) is 10.1. The van der Waals surface area contributed by atoms with Gasteiger partial charge in [0.05, 0.1) is 130 Å². The van der Waals surface area contributed by atoms with E-state index in [9.17, 15) is 13.2 Å². The monoisotopic (exact) mass is 894 g/mol. The molecule has 10 rings (SSSR count). The molecule has 2 aliphatic heterocycles. The number of anilines is 6. The minimum atomic E-state index is -0.680. The fraction of sp³-hybridized carbons (Fsp3) is 0.240. The van der Waals surface area contributed by atoms with Gasteiger partial charge in [-0.25, -0.2) is 27.5 Å². The maximum Gasteiger partial charge on any atom is 0.137 e. The zero-order valence-electron chi connectivity index (χ0n) is 36.6. The molecule has 8 heterocycles. The van der Waals surface area contributed by atoms with Gasteiger partial charge >= 0.3 is 0 Å². The lowest BCUT2D eigenvalue weighted by Gasteiger charge is -2.31. The van der Waals surface area contributed by atoms with Crippen molar-refractivity contribution in [3.8, 4) is 22.8 Å². The molecule has 0 unspecified atom stereocenters. The molecule has 0 aliphatic carbocycles. The third-order valence-electron chi connectivity index (χ3n) is 11.6. The third-order valence-corrected chi connectivity index (χ3v) is 11.6. The van der Waals surface area contributed by atoms with Crippen LogP contribution in [0.1, 0.15) is 18.1 Å². The van der Waals surface area contributed by atoms with Crippen molar-refractivity contribution in [2.24, 2.45) is 0 Å². The molecule has 6 aromatic heterocycles. The summed E-state index contributed by atoms with van der Waals surface area (Å²) in [5.41, 5.74) is 8.92. The van der Waals surface area contributed by atoms with Crippen molar-refractivity contribution in [2.75, 3.05) is 79.2 Å². The Labute approximate surface area is 378 Å². The maximum absolute atomic E-state index is 15.2. The number of ether oxygens (including phenoxy) is 2. The summed E-state index contributed by atoms with van der Waals surface area (Å²) in [5.74, 6) is -2.68. The molecule has 1 N–H and O–H groups in total. The smallest absolute Gasteiger partial charge is 0.137 e. The number of hydrogen-bond donors (Lipinski definition) is 1. The van der Waals surface area contributed by atoms with Crippen LogP contribution < -0.4 is 20.0 Å². The molecule has 0 spiro atoms. The number of aromatic nitrogens is 6. The highest BCUT2D eigenvalue weighted by Gasteiger charge is 2.24. The number of nitrogens with zero attached hydrogens (tertiary/aromatic N) is 9. The first-order valence-electron chi connectivity index (χ1n) is 21.7. The van der Waals surface area contributed by atoms with Crippen LogP contribution in [0.2, 0.25) is 0 Å². The van der Waals surface area contributed by atoms with Gasteiger partial charge in [-0.15, -0.1) is 0 Å². The Balaban J connectivity index is 0.000000166. The van der Waals surface area contributed by atoms with E-state index in [0.29, 0.717) is 78.4 Å². The van der Waals surface area contributed by atoms with E-state index in [-0.39, 0.29) is 21.8 Å². The second-order valence-electron chi connectivity index (χ2n) is 15.8. The van der Waals surface area contributed by atoms with Gasteiger partial charge in [-0.3, -0.25) is 19.9 Å². The van der Waals surface area contributed by atoms with Gasteiger partial charge in [-0.1, -0.05) is 12.1 Å². The fourth-order valence-corrected chi connectivity index (χ4v) is 8.45. The molecular formula is C50H46F4N10O2. The van der Waals surface area contributed by atoms with Crippen LogP contribution in [0.3, 0.4) is 0 Å². The Hall–Kier alpha value is -7.30. The van der Waals surface area contributed by atoms with Crippen LogP contribution in [0.5, 0.6) is 0 Å². The minimum Gasteiger partial charge on any atom is -0.378 e. The van der Waals surface area contributed by atoms with Crippen LogP contribution in [-0.4, -0.2) is 89.1 Å². The van der Waals surface area contributed by atoms with Crippen molar-refractivity contribution in [1.82, 2.24) is 29.9 Å². The number of morpholine rings is 2. The fourth-order valence-electron chi connectivity index (χ4n) is 8.45. The van der Waals surface area contributed by atoms with Gasteiger partial charge in [0.15, 0.2) is 0 Å². The van der Waals surface area contributed by atoms with Gasteiger partial charge in [0.1, 0.15) is 23.3 Å². The van der Waals surface area contributed by atoms with Crippen molar-refractivity contribution in [3.63, 3.8) is 0 Å². The highest BCUT2D eigenvalue weighted by atomic mass is 19.1. The summed E-state index contributed by atoms with van der Waals surface area (Å²) in [4.78, 5) is 33.2. The molecule has 0 bridgehead atoms. The molecule has 0 radical (unpaired) electrons. The molecule has 2 saturated heterocycles. The Bertz CT molecular complexity index is 3010. The molecule has 12 nitrogen and oxygen atoms in total. The lowest BCUT2D eigenvalue weighted by molar-refractivity contribution is 0.122. The van der Waals surface area contributed by atoms with Gasteiger partial charge in [0.2, 0.25) is 0 Å². The molecule has 16 heteroatoms.